The van der Waals surface area contributed by atoms with Crippen LogP contribution >= 0.6 is 22.7 Å². The predicted octanol–water partition coefficient (Wildman–Crippen LogP) is 4.44. The fourth-order valence-electron chi connectivity index (χ4n) is 2.37. The standard InChI is InChI=1S/C17H12N2OS2/c20-17(19-10-11-5-3-4-8-18-11)15-9-14-16(22-15)12-6-1-2-7-13(12)21-14/h1-9H,10H2,(H,19,20). The summed E-state index contributed by atoms with van der Waals surface area (Å²) in [6, 6.07) is 16.0. The Morgan fingerprint density at radius 1 is 1.05 bits per heavy atom. The second-order valence-electron chi connectivity index (χ2n) is 4.91. The molecule has 0 atom stereocenters. The van der Waals surface area contributed by atoms with Crippen LogP contribution in [0.1, 0.15) is 15.4 Å². The monoisotopic (exact) mass is 324 g/mol. The van der Waals surface area contributed by atoms with Crippen LogP contribution < -0.4 is 5.32 Å². The number of thiophene rings is 2. The predicted molar refractivity (Wildman–Crippen MR) is 92.6 cm³/mol. The van der Waals surface area contributed by atoms with Gasteiger partial charge in [0, 0.05) is 21.0 Å². The van der Waals surface area contributed by atoms with Gasteiger partial charge in [-0.25, -0.2) is 0 Å². The molecule has 3 nitrogen and oxygen atoms in total. The number of fused-ring (bicyclic) bond motifs is 3. The van der Waals surface area contributed by atoms with Gasteiger partial charge in [-0.05, 0) is 24.3 Å². The molecule has 4 aromatic rings. The van der Waals surface area contributed by atoms with Gasteiger partial charge in [-0.2, -0.15) is 0 Å². The van der Waals surface area contributed by atoms with Crippen LogP contribution in [0.5, 0.6) is 0 Å². The van der Waals surface area contributed by atoms with Crippen molar-refractivity contribution in [1.29, 1.82) is 0 Å². The molecular weight excluding hydrogens is 312 g/mol. The number of nitrogens with zero attached hydrogens (tertiary/aromatic N) is 1. The third-order valence-electron chi connectivity index (χ3n) is 3.43. The van der Waals surface area contributed by atoms with E-state index in [1.165, 1.54) is 19.5 Å². The summed E-state index contributed by atoms with van der Waals surface area (Å²) < 4.78 is 3.64. The number of carbonyl (C=O) groups is 1. The highest BCUT2D eigenvalue weighted by molar-refractivity contribution is 7.33. The van der Waals surface area contributed by atoms with Crippen LogP contribution in [0.15, 0.2) is 54.7 Å². The van der Waals surface area contributed by atoms with E-state index < -0.39 is 0 Å². The lowest BCUT2D eigenvalue weighted by atomic mass is 10.2. The Balaban J connectivity index is 1.59. The van der Waals surface area contributed by atoms with Crippen molar-refractivity contribution >= 4 is 48.1 Å². The summed E-state index contributed by atoms with van der Waals surface area (Å²) in [4.78, 5) is 17.3. The Bertz CT molecular complexity index is 957. The van der Waals surface area contributed by atoms with Crippen LogP contribution in [0, 0.1) is 0 Å². The summed E-state index contributed by atoms with van der Waals surface area (Å²) in [5, 5.41) is 4.16. The minimum absolute atomic E-state index is 0.0388. The highest BCUT2D eigenvalue weighted by Crippen LogP contribution is 2.39. The zero-order valence-electron chi connectivity index (χ0n) is 11.6. The maximum absolute atomic E-state index is 12.3. The topological polar surface area (TPSA) is 42.0 Å². The van der Waals surface area contributed by atoms with Gasteiger partial charge in [-0.3, -0.25) is 9.78 Å². The van der Waals surface area contributed by atoms with Crippen molar-refractivity contribution in [2.45, 2.75) is 6.54 Å². The van der Waals surface area contributed by atoms with E-state index in [0.717, 1.165) is 10.6 Å². The van der Waals surface area contributed by atoms with Crippen molar-refractivity contribution in [3.63, 3.8) is 0 Å². The van der Waals surface area contributed by atoms with E-state index in [1.807, 2.05) is 36.4 Å². The van der Waals surface area contributed by atoms with Gasteiger partial charge < -0.3 is 5.32 Å². The van der Waals surface area contributed by atoms with Gasteiger partial charge >= 0.3 is 0 Å². The summed E-state index contributed by atoms with van der Waals surface area (Å²) in [7, 11) is 0. The molecule has 0 bridgehead atoms. The quantitative estimate of drug-likeness (QED) is 0.605. The minimum Gasteiger partial charge on any atom is -0.346 e. The number of pyridine rings is 1. The number of benzene rings is 1. The molecule has 1 amide bonds. The maximum Gasteiger partial charge on any atom is 0.261 e. The van der Waals surface area contributed by atoms with E-state index in [2.05, 4.69) is 22.4 Å². The highest BCUT2D eigenvalue weighted by Gasteiger charge is 2.14. The third kappa shape index (κ3) is 2.38. The smallest absolute Gasteiger partial charge is 0.261 e. The van der Waals surface area contributed by atoms with Gasteiger partial charge in [0.25, 0.3) is 5.91 Å². The Kier molecular flexibility index (Phi) is 3.36. The molecule has 3 aromatic heterocycles. The Morgan fingerprint density at radius 3 is 2.77 bits per heavy atom. The van der Waals surface area contributed by atoms with Crippen molar-refractivity contribution in [2.75, 3.05) is 0 Å². The number of hydrogen-bond acceptors (Lipinski definition) is 4. The molecule has 4 rings (SSSR count). The molecule has 1 N–H and O–H groups in total. The van der Waals surface area contributed by atoms with E-state index in [4.69, 9.17) is 0 Å². The van der Waals surface area contributed by atoms with Crippen molar-refractivity contribution < 1.29 is 4.79 Å². The third-order valence-corrected chi connectivity index (χ3v) is 5.84. The fraction of sp³-hybridized carbons (Fsp3) is 0.0588. The number of rotatable bonds is 3. The molecule has 0 aliphatic rings. The van der Waals surface area contributed by atoms with Gasteiger partial charge in [0.15, 0.2) is 0 Å². The first-order valence-corrected chi connectivity index (χ1v) is 8.54. The van der Waals surface area contributed by atoms with Gasteiger partial charge in [-0.1, -0.05) is 24.3 Å². The molecule has 0 radical (unpaired) electrons. The molecule has 0 spiro atoms. The Labute approximate surface area is 135 Å². The van der Waals surface area contributed by atoms with Crippen LogP contribution in [0.2, 0.25) is 0 Å². The van der Waals surface area contributed by atoms with Crippen LogP contribution in [-0.2, 0) is 6.54 Å². The van der Waals surface area contributed by atoms with E-state index >= 15 is 0 Å². The van der Waals surface area contributed by atoms with E-state index in [-0.39, 0.29) is 5.91 Å². The first kappa shape index (κ1) is 13.4. The second kappa shape index (κ2) is 5.51. The molecule has 5 heteroatoms. The van der Waals surface area contributed by atoms with Gasteiger partial charge in [0.2, 0.25) is 0 Å². The van der Waals surface area contributed by atoms with Crippen molar-refractivity contribution in [1.82, 2.24) is 10.3 Å². The molecular formula is C17H12N2OS2. The first-order chi connectivity index (χ1) is 10.8. The van der Waals surface area contributed by atoms with Crippen LogP contribution in [-0.4, -0.2) is 10.9 Å². The van der Waals surface area contributed by atoms with Gasteiger partial charge in [-0.15, -0.1) is 22.7 Å². The van der Waals surface area contributed by atoms with Crippen molar-refractivity contribution in [2.24, 2.45) is 0 Å². The number of hydrogen-bond donors (Lipinski definition) is 1. The molecule has 1 aromatic carbocycles. The van der Waals surface area contributed by atoms with Crippen molar-refractivity contribution in [3.05, 3.63) is 65.3 Å². The van der Waals surface area contributed by atoms with Crippen LogP contribution in [0.4, 0.5) is 0 Å². The van der Waals surface area contributed by atoms with Gasteiger partial charge in [0.05, 0.1) is 21.8 Å². The SMILES string of the molecule is O=C(NCc1ccccn1)c1cc2sc3ccccc3c2s1. The van der Waals surface area contributed by atoms with Crippen LogP contribution in [0.25, 0.3) is 19.5 Å². The summed E-state index contributed by atoms with van der Waals surface area (Å²) in [5.74, 6) is -0.0388. The lowest BCUT2D eigenvalue weighted by Gasteiger charge is -2.02. The average molecular weight is 324 g/mol. The molecule has 0 fully saturated rings. The lowest BCUT2D eigenvalue weighted by molar-refractivity contribution is 0.0954. The van der Waals surface area contributed by atoms with E-state index in [0.29, 0.717) is 6.54 Å². The summed E-state index contributed by atoms with van der Waals surface area (Å²) >= 11 is 3.29. The maximum atomic E-state index is 12.3. The molecule has 22 heavy (non-hydrogen) atoms. The van der Waals surface area contributed by atoms with Crippen molar-refractivity contribution in [3.8, 4) is 0 Å². The number of carbonyl (C=O) groups excluding carboxylic acids is 1. The molecule has 0 saturated carbocycles. The van der Waals surface area contributed by atoms with E-state index in [9.17, 15) is 4.79 Å². The summed E-state index contributed by atoms with van der Waals surface area (Å²) in [6.45, 7) is 0.450. The molecule has 0 aliphatic heterocycles. The largest absolute Gasteiger partial charge is 0.346 e. The average Bonchev–Trinajstić information content (AvgIpc) is 3.11. The first-order valence-electron chi connectivity index (χ1n) is 6.90. The van der Waals surface area contributed by atoms with E-state index in [1.54, 1.807) is 28.9 Å². The lowest BCUT2D eigenvalue weighted by Crippen LogP contribution is -2.22. The molecule has 0 aliphatic carbocycles. The Morgan fingerprint density at radius 2 is 1.91 bits per heavy atom. The van der Waals surface area contributed by atoms with Crippen LogP contribution in [0.3, 0.4) is 0 Å². The summed E-state index contributed by atoms with van der Waals surface area (Å²) in [6.07, 6.45) is 1.73. The molecule has 0 unspecified atom stereocenters. The second-order valence-corrected chi connectivity index (χ2v) is 7.04. The Hall–Kier alpha value is -2.24. The molecule has 108 valence electrons. The number of nitrogens with one attached hydrogen (secondary N) is 1. The summed E-state index contributed by atoms with van der Waals surface area (Å²) in [5.41, 5.74) is 0.861. The highest BCUT2D eigenvalue weighted by atomic mass is 32.1. The number of amides is 1. The minimum atomic E-state index is -0.0388. The van der Waals surface area contributed by atoms with Gasteiger partial charge in [0.1, 0.15) is 0 Å². The molecule has 0 saturated heterocycles. The normalized spacial score (nSPS) is 11.1. The molecule has 3 heterocycles. The zero-order chi connectivity index (χ0) is 14.9. The zero-order valence-corrected chi connectivity index (χ0v) is 13.2. The number of aromatic nitrogens is 1. The fourth-order valence-corrected chi connectivity index (χ4v) is 4.81.